The van der Waals surface area contributed by atoms with Crippen LogP contribution in [0.3, 0.4) is 0 Å². The zero-order valence-corrected chi connectivity index (χ0v) is 18.3. The van der Waals surface area contributed by atoms with Crippen molar-refractivity contribution in [3.05, 3.63) is 62.3 Å². The highest BCUT2D eigenvalue weighted by molar-refractivity contribution is 14.0. The van der Waals surface area contributed by atoms with Crippen LogP contribution >= 0.6 is 35.3 Å². The van der Waals surface area contributed by atoms with Crippen molar-refractivity contribution < 1.29 is 4.92 Å². The Labute approximate surface area is 175 Å². The summed E-state index contributed by atoms with van der Waals surface area (Å²) in [4.78, 5) is 16.2. The van der Waals surface area contributed by atoms with Crippen LogP contribution in [0, 0.1) is 16.0 Å². The molecular weight excluding hydrogens is 463 g/mol. The summed E-state index contributed by atoms with van der Waals surface area (Å²) in [6.45, 7) is 7.67. The van der Waals surface area contributed by atoms with Gasteiger partial charge in [-0.15, -0.1) is 35.3 Å². The van der Waals surface area contributed by atoms with E-state index < -0.39 is 4.92 Å². The van der Waals surface area contributed by atoms with E-state index in [1.165, 1.54) is 17.0 Å². The van der Waals surface area contributed by atoms with Crippen LogP contribution < -0.4 is 10.6 Å². The Morgan fingerprint density at radius 1 is 1.23 bits per heavy atom. The molecule has 1 unspecified atom stereocenters. The summed E-state index contributed by atoms with van der Waals surface area (Å²) in [6.07, 6.45) is 0. The van der Waals surface area contributed by atoms with E-state index in [1.54, 1.807) is 23.5 Å². The molecule has 1 heterocycles. The van der Waals surface area contributed by atoms with Gasteiger partial charge in [0, 0.05) is 23.6 Å². The fourth-order valence-corrected chi connectivity index (χ4v) is 2.90. The van der Waals surface area contributed by atoms with Gasteiger partial charge in [0.2, 0.25) is 0 Å². The van der Waals surface area contributed by atoms with E-state index in [-0.39, 0.29) is 35.7 Å². The van der Waals surface area contributed by atoms with Gasteiger partial charge in [-0.25, -0.2) is 4.99 Å². The second kappa shape index (κ2) is 11.1. The van der Waals surface area contributed by atoms with E-state index in [9.17, 15) is 10.1 Å². The third kappa shape index (κ3) is 7.28. The second-order valence-electron chi connectivity index (χ2n) is 6.24. The van der Waals surface area contributed by atoms with E-state index in [1.807, 2.05) is 6.07 Å². The number of benzene rings is 1. The van der Waals surface area contributed by atoms with Crippen LogP contribution in [0.1, 0.15) is 37.3 Å². The molecule has 1 atom stereocenters. The quantitative estimate of drug-likeness (QED) is 0.194. The number of halogens is 1. The average Bonchev–Trinajstić information content (AvgIpc) is 3.12. The summed E-state index contributed by atoms with van der Waals surface area (Å²) in [5.74, 6) is 1.25. The first-order valence-corrected chi connectivity index (χ1v) is 9.15. The number of thiophene rings is 1. The van der Waals surface area contributed by atoms with Gasteiger partial charge in [0.05, 0.1) is 17.5 Å². The SMILES string of the molecule is CC(C)CNC(=NCc1ccc([N+](=O)[O-])cc1)NC(C)c1cccs1.I. The predicted molar refractivity (Wildman–Crippen MR) is 118 cm³/mol. The molecule has 0 saturated carbocycles. The molecular formula is C18H25IN4O2S. The number of hydrogen-bond acceptors (Lipinski definition) is 4. The first-order valence-electron chi connectivity index (χ1n) is 8.27. The van der Waals surface area contributed by atoms with Crippen LogP contribution in [-0.4, -0.2) is 17.4 Å². The first kappa shape index (κ1) is 22.4. The molecule has 2 aromatic rings. The van der Waals surface area contributed by atoms with Crippen molar-refractivity contribution in [1.29, 1.82) is 0 Å². The standard InChI is InChI=1S/C18H24N4O2S.HI/c1-13(2)11-19-18(21-14(3)17-5-4-10-25-17)20-12-15-6-8-16(9-7-15)22(23)24;/h4-10,13-14H,11-12H2,1-3H3,(H2,19,20,21);1H. The van der Waals surface area contributed by atoms with Crippen LogP contribution in [0.4, 0.5) is 5.69 Å². The normalized spacial score (nSPS) is 12.4. The zero-order chi connectivity index (χ0) is 18.2. The lowest BCUT2D eigenvalue weighted by Crippen LogP contribution is -2.40. The molecule has 0 aliphatic carbocycles. The highest BCUT2D eigenvalue weighted by atomic mass is 127. The Bertz CT molecular complexity index is 702. The number of nitrogens with zero attached hydrogens (tertiary/aromatic N) is 2. The van der Waals surface area contributed by atoms with E-state index >= 15 is 0 Å². The van der Waals surface area contributed by atoms with Crippen LogP contribution in [0.5, 0.6) is 0 Å². The fourth-order valence-electron chi connectivity index (χ4n) is 2.16. The van der Waals surface area contributed by atoms with E-state index in [2.05, 4.69) is 47.8 Å². The molecule has 0 bridgehead atoms. The minimum absolute atomic E-state index is 0. The van der Waals surface area contributed by atoms with Gasteiger partial charge >= 0.3 is 0 Å². The molecule has 0 aliphatic rings. The van der Waals surface area contributed by atoms with Crippen molar-refractivity contribution >= 4 is 47.0 Å². The van der Waals surface area contributed by atoms with Crippen molar-refractivity contribution in [3.8, 4) is 0 Å². The predicted octanol–water partition coefficient (Wildman–Crippen LogP) is 4.73. The lowest BCUT2D eigenvalue weighted by Gasteiger charge is -2.18. The van der Waals surface area contributed by atoms with Crippen molar-refractivity contribution in [2.45, 2.75) is 33.4 Å². The third-order valence-corrected chi connectivity index (χ3v) is 4.62. The molecule has 142 valence electrons. The minimum Gasteiger partial charge on any atom is -0.356 e. The van der Waals surface area contributed by atoms with Gasteiger partial charge in [-0.2, -0.15) is 0 Å². The monoisotopic (exact) mass is 488 g/mol. The number of aliphatic imine (C=N–C) groups is 1. The maximum absolute atomic E-state index is 10.7. The molecule has 0 spiro atoms. The van der Waals surface area contributed by atoms with Gasteiger partial charge in [-0.3, -0.25) is 10.1 Å². The topological polar surface area (TPSA) is 79.6 Å². The van der Waals surface area contributed by atoms with Crippen LogP contribution in [0.25, 0.3) is 0 Å². The van der Waals surface area contributed by atoms with Gasteiger partial charge in [0.15, 0.2) is 5.96 Å². The maximum Gasteiger partial charge on any atom is 0.269 e. The van der Waals surface area contributed by atoms with Crippen molar-refractivity contribution in [1.82, 2.24) is 10.6 Å². The smallest absolute Gasteiger partial charge is 0.269 e. The molecule has 0 amide bonds. The van der Waals surface area contributed by atoms with Crippen molar-refractivity contribution in [2.24, 2.45) is 10.9 Å². The number of nitrogens with one attached hydrogen (secondary N) is 2. The highest BCUT2D eigenvalue weighted by Gasteiger charge is 2.10. The maximum atomic E-state index is 10.7. The number of non-ortho nitro benzene ring substituents is 1. The molecule has 6 nitrogen and oxygen atoms in total. The van der Waals surface area contributed by atoms with Gasteiger partial charge in [0.25, 0.3) is 5.69 Å². The van der Waals surface area contributed by atoms with Gasteiger partial charge in [-0.1, -0.05) is 32.0 Å². The summed E-state index contributed by atoms with van der Waals surface area (Å²) in [5, 5.41) is 19.5. The summed E-state index contributed by atoms with van der Waals surface area (Å²) in [6, 6.07) is 10.8. The minimum atomic E-state index is -0.396. The number of nitro benzene ring substituents is 1. The molecule has 0 radical (unpaired) electrons. The van der Waals surface area contributed by atoms with Gasteiger partial charge in [-0.05, 0) is 29.9 Å². The third-order valence-electron chi connectivity index (χ3n) is 3.57. The summed E-state index contributed by atoms with van der Waals surface area (Å²) in [7, 11) is 0. The van der Waals surface area contributed by atoms with Crippen LogP contribution in [0.15, 0.2) is 46.8 Å². The molecule has 1 aromatic heterocycles. The molecule has 2 N–H and O–H groups in total. The number of nitro groups is 1. The summed E-state index contributed by atoms with van der Waals surface area (Å²) < 4.78 is 0. The van der Waals surface area contributed by atoms with Crippen LogP contribution in [-0.2, 0) is 6.54 Å². The first-order chi connectivity index (χ1) is 12.0. The molecule has 1 aromatic carbocycles. The number of hydrogen-bond donors (Lipinski definition) is 2. The lowest BCUT2D eigenvalue weighted by molar-refractivity contribution is -0.384. The highest BCUT2D eigenvalue weighted by Crippen LogP contribution is 2.18. The van der Waals surface area contributed by atoms with E-state index in [4.69, 9.17) is 0 Å². The van der Waals surface area contributed by atoms with Gasteiger partial charge in [0.1, 0.15) is 0 Å². The molecule has 2 rings (SSSR count). The van der Waals surface area contributed by atoms with Crippen molar-refractivity contribution in [2.75, 3.05) is 6.54 Å². The van der Waals surface area contributed by atoms with Crippen molar-refractivity contribution in [3.63, 3.8) is 0 Å². The Hall–Kier alpha value is -1.68. The van der Waals surface area contributed by atoms with Crippen LogP contribution in [0.2, 0.25) is 0 Å². The number of guanidine groups is 1. The fraction of sp³-hybridized carbons (Fsp3) is 0.389. The number of rotatable bonds is 7. The Balaban J connectivity index is 0.00000338. The van der Waals surface area contributed by atoms with Gasteiger partial charge < -0.3 is 10.6 Å². The summed E-state index contributed by atoms with van der Waals surface area (Å²) >= 11 is 1.71. The second-order valence-corrected chi connectivity index (χ2v) is 7.22. The molecule has 0 saturated heterocycles. The zero-order valence-electron chi connectivity index (χ0n) is 15.1. The Morgan fingerprint density at radius 3 is 2.46 bits per heavy atom. The average molecular weight is 488 g/mol. The van der Waals surface area contributed by atoms with E-state index in [0.717, 1.165) is 18.1 Å². The molecule has 0 aliphatic heterocycles. The molecule has 0 fully saturated rings. The molecule has 8 heteroatoms. The summed E-state index contributed by atoms with van der Waals surface area (Å²) in [5.41, 5.74) is 1.02. The Kier molecular flexibility index (Phi) is 9.57. The van der Waals surface area contributed by atoms with E-state index in [0.29, 0.717) is 12.5 Å². The lowest BCUT2D eigenvalue weighted by atomic mass is 10.2. The Morgan fingerprint density at radius 2 is 1.92 bits per heavy atom. The molecule has 26 heavy (non-hydrogen) atoms. The largest absolute Gasteiger partial charge is 0.356 e.